The average molecular weight is 288 g/mol. The SMILES string of the molecule is CC(CC(O)c1ccccc1)NC(=O)NC1C=CCCC1. The number of amides is 2. The lowest BCUT2D eigenvalue weighted by molar-refractivity contribution is 0.154. The highest BCUT2D eigenvalue weighted by Crippen LogP contribution is 2.17. The largest absolute Gasteiger partial charge is 0.388 e. The molecule has 0 saturated heterocycles. The number of carbonyl (C=O) groups excluding carboxylic acids is 1. The molecule has 4 heteroatoms. The topological polar surface area (TPSA) is 61.4 Å². The molecule has 0 heterocycles. The molecule has 2 amide bonds. The summed E-state index contributed by atoms with van der Waals surface area (Å²) in [6.07, 6.45) is 7.30. The Kier molecular flexibility index (Phi) is 5.81. The Morgan fingerprint density at radius 2 is 2.14 bits per heavy atom. The highest BCUT2D eigenvalue weighted by Gasteiger charge is 2.16. The van der Waals surface area contributed by atoms with Gasteiger partial charge in [-0.1, -0.05) is 42.5 Å². The number of rotatable bonds is 5. The second kappa shape index (κ2) is 7.84. The van der Waals surface area contributed by atoms with Crippen LogP contribution in [0.5, 0.6) is 0 Å². The van der Waals surface area contributed by atoms with Gasteiger partial charge in [-0.3, -0.25) is 0 Å². The van der Waals surface area contributed by atoms with Crippen LogP contribution in [0.2, 0.25) is 0 Å². The Morgan fingerprint density at radius 1 is 1.38 bits per heavy atom. The number of hydrogen-bond donors (Lipinski definition) is 3. The normalized spacial score (nSPS) is 20.6. The highest BCUT2D eigenvalue weighted by molar-refractivity contribution is 5.74. The van der Waals surface area contributed by atoms with Gasteiger partial charge in [-0.25, -0.2) is 4.79 Å². The lowest BCUT2D eigenvalue weighted by atomic mass is 10.0. The third kappa shape index (κ3) is 5.23. The first kappa shape index (κ1) is 15.6. The molecule has 114 valence electrons. The molecule has 0 fully saturated rings. The monoisotopic (exact) mass is 288 g/mol. The Labute approximate surface area is 126 Å². The van der Waals surface area contributed by atoms with Crippen LogP contribution in [-0.4, -0.2) is 23.2 Å². The molecule has 4 nitrogen and oxygen atoms in total. The van der Waals surface area contributed by atoms with Gasteiger partial charge in [0, 0.05) is 12.1 Å². The molecule has 1 aliphatic rings. The van der Waals surface area contributed by atoms with Crippen LogP contribution in [0.1, 0.15) is 44.3 Å². The van der Waals surface area contributed by atoms with Crippen molar-refractivity contribution in [2.75, 3.05) is 0 Å². The summed E-state index contributed by atoms with van der Waals surface area (Å²) < 4.78 is 0. The number of aliphatic hydroxyl groups excluding tert-OH is 1. The molecule has 0 radical (unpaired) electrons. The maximum absolute atomic E-state index is 11.9. The molecule has 0 aromatic heterocycles. The number of hydrogen-bond acceptors (Lipinski definition) is 2. The fourth-order valence-corrected chi connectivity index (χ4v) is 2.57. The molecule has 2 rings (SSSR count). The van der Waals surface area contributed by atoms with Gasteiger partial charge in [-0.2, -0.15) is 0 Å². The number of nitrogens with one attached hydrogen (secondary N) is 2. The van der Waals surface area contributed by atoms with E-state index in [2.05, 4.69) is 16.7 Å². The number of urea groups is 1. The molecule has 3 atom stereocenters. The molecule has 1 aromatic carbocycles. The van der Waals surface area contributed by atoms with Gasteiger partial charge in [0.2, 0.25) is 0 Å². The third-order valence-electron chi connectivity index (χ3n) is 3.71. The van der Waals surface area contributed by atoms with Gasteiger partial charge in [0.25, 0.3) is 0 Å². The first-order valence-electron chi connectivity index (χ1n) is 7.62. The lowest BCUT2D eigenvalue weighted by Crippen LogP contribution is -2.45. The van der Waals surface area contributed by atoms with Crippen molar-refractivity contribution in [2.45, 2.75) is 50.8 Å². The van der Waals surface area contributed by atoms with E-state index in [0.29, 0.717) is 6.42 Å². The van der Waals surface area contributed by atoms with E-state index in [1.165, 1.54) is 0 Å². The predicted octanol–water partition coefficient (Wildman–Crippen LogP) is 2.91. The minimum atomic E-state index is -0.559. The van der Waals surface area contributed by atoms with Gasteiger partial charge in [-0.05, 0) is 38.2 Å². The maximum Gasteiger partial charge on any atom is 0.315 e. The van der Waals surface area contributed by atoms with Crippen molar-refractivity contribution in [3.05, 3.63) is 48.0 Å². The van der Waals surface area contributed by atoms with E-state index >= 15 is 0 Å². The van der Waals surface area contributed by atoms with E-state index in [9.17, 15) is 9.90 Å². The smallest absolute Gasteiger partial charge is 0.315 e. The van der Waals surface area contributed by atoms with Crippen molar-refractivity contribution >= 4 is 6.03 Å². The van der Waals surface area contributed by atoms with Crippen LogP contribution in [0, 0.1) is 0 Å². The zero-order chi connectivity index (χ0) is 15.1. The molecule has 0 spiro atoms. The third-order valence-corrected chi connectivity index (χ3v) is 3.71. The summed E-state index contributed by atoms with van der Waals surface area (Å²) in [6, 6.07) is 9.38. The van der Waals surface area contributed by atoms with Crippen molar-refractivity contribution in [1.29, 1.82) is 0 Å². The molecule has 21 heavy (non-hydrogen) atoms. The minimum Gasteiger partial charge on any atom is -0.388 e. The van der Waals surface area contributed by atoms with Crippen molar-refractivity contribution in [3.63, 3.8) is 0 Å². The molecular formula is C17H24N2O2. The summed E-state index contributed by atoms with van der Waals surface area (Å²) in [5.74, 6) is 0. The molecule has 1 aromatic rings. The zero-order valence-corrected chi connectivity index (χ0v) is 12.5. The van der Waals surface area contributed by atoms with Crippen LogP contribution in [-0.2, 0) is 0 Å². The van der Waals surface area contributed by atoms with Gasteiger partial charge in [0.15, 0.2) is 0 Å². The Balaban J connectivity index is 1.75. The zero-order valence-electron chi connectivity index (χ0n) is 12.5. The van der Waals surface area contributed by atoms with Gasteiger partial charge in [-0.15, -0.1) is 0 Å². The first-order valence-corrected chi connectivity index (χ1v) is 7.62. The van der Waals surface area contributed by atoms with Crippen LogP contribution in [0.25, 0.3) is 0 Å². The number of carbonyl (C=O) groups is 1. The van der Waals surface area contributed by atoms with Crippen LogP contribution in [0.15, 0.2) is 42.5 Å². The molecule has 0 saturated carbocycles. The molecule has 3 unspecified atom stereocenters. The van der Waals surface area contributed by atoms with Crippen LogP contribution >= 0.6 is 0 Å². The maximum atomic E-state index is 11.9. The number of aliphatic hydroxyl groups is 1. The summed E-state index contributed by atoms with van der Waals surface area (Å²) in [7, 11) is 0. The molecule has 0 bridgehead atoms. The standard InChI is InChI=1S/C17H24N2O2/c1-13(12-16(20)14-8-4-2-5-9-14)18-17(21)19-15-10-6-3-7-11-15/h2,4-6,8-10,13,15-16,20H,3,7,11-12H2,1H3,(H2,18,19,21). The fraction of sp³-hybridized carbons (Fsp3) is 0.471. The van der Waals surface area contributed by atoms with Crippen molar-refractivity contribution in [2.24, 2.45) is 0 Å². The Morgan fingerprint density at radius 3 is 2.81 bits per heavy atom. The number of allylic oxidation sites excluding steroid dienone is 1. The second-order valence-corrected chi connectivity index (χ2v) is 5.65. The quantitative estimate of drug-likeness (QED) is 0.730. The minimum absolute atomic E-state index is 0.0900. The molecule has 1 aliphatic carbocycles. The van der Waals surface area contributed by atoms with Gasteiger partial charge >= 0.3 is 6.03 Å². The van der Waals surface area contributed by atoms with Crippen molar-refractivity contribution in [3.8, 4) is 0 Å². The number of benzene rings is 1. The summed E-state index contributed by atoms with van der Waals surface area (Å²) in [5, 5.41) is 16.0. The Hall–Kier alpha value is -1.81. The highest BCUT2D eigenvalue weighted by atomic mass is 16.3. The van der Waals surface area contributed by atoms with Crippen molar-refractivity contribution in [1.82, 2.24) is 10.6 Å². The van der Waals surface area contributed by atoms with Gasteiger partial charge < -0.3 is 15.7 Å². The second-order valence-electron chi connectivity index (χ2n) is 5.65. The predicted molar refractivity (Wildman–Crippen MR) is 83.9 cm³/mol. The van der Waals surface area contributed by atoms with E-state index in [1.807, 2.05) is 43.3 Å². The molecule has 0 aliphatic heterocycles. The van der Waals surface area contributed by atoms with E-state index in [1.54, 1.807) is 0 Å². The van der Waals surface area contributed by atoms with E-state index in [0.717, 1.165) is 24.8 Å². The van der Waals surface area contributed by atoms with Gasteiger partial charge in [0.1, 0.15) is 0 Å². The van der Waals surface area contributed by atoms with Crippen LogP contribution < -0.4 is 10.6 Å². The summed E-state index contributed by atoms with van der Waals surface area (Å²) in [6.45, 7) is 1.91. The molecular weight excluding hydrogens is 264 g/mol. The Bertz CT molecular complexity index is 473. The fourth-order valence-electron chi connectivity index (χ4n) is 2.57. The van der Waals surface area contributed by atoms with Crippen molar-refractivity contribution < 1.29 is 9.90 Å². The van der Waals surface area contributed by atoms with Gasteiger partial charge in [0.05, 0.1) is 6.10 Å². The summed E-state index contributed by atoms with van der Waals surface area (Å²) in [4.78, 5) is 11.9. The average Bonchev–Trinajstić information content (AvgIpc) is 2.48. The van der Waals surface area contributed by atoms with Crippen LogP contribution in [0.4, 0.5) is 4.79 Å². The lowest BCUT2D eigenvalue weighted by Gasteiger charge is -2.22. The van der Waals surface area contributed by atoms with Crippen LogP contribution in [0.3, 0.4) is 0 Å². The summed E-state index contributed by atoms with van der Waals surface area (Å²) in [5.41, 5.74) is 0.877. The van der Waals surface area contributed by atoms with E-state index < -0.39 is 6.10 Å². The first-order chi connectivity index (χ1) is 10.1. The summed E-state index contributed by atoms with van der Waals surface area (Å²) >= 11 is 0. The van der Waals surface area contributed by atoms with E-state index in [-0.39, 0.29) is 18.1 Å². The van der Waals surface area contributed by atoms with E-state index in [4.69, 9.17) is 0 Å². The molecule has 3 N–H and O–H groups in total.